The summed E-state index contributed by atoms with van der Waals surface area (Å²) in [5.74, 6) is 2.07. The fraction of sp³-hybridized carbons (Fsp3) is 0.474. The zero-order valence-electron chi connectivity index (χ0n) is 15.8. The summed E-state index contributed by atoms with van der Waals surface area (Å²) in [4.78, 5) is 30.0. The largest absolute Gasteiger partial charge is 0.337 e. The lowest BCUT2D eigenvalue weighted by atomic mass is 9.95. The number of imidazole rings is 2. The van der Waals surface area contributed by atoms with E-state index < -0.39 is 0 Å². The Balaban J connectivity index is 1.40. The minimum atomic E-state index is -0.0186. The topological polar surface area (TPSA) is 71.6 Å². The van der Waals surface area contributed by atoms with E-state index in [1.165, 1.54) is 0 Å². The van der Waals surface area contributed by atoms with Crippen LogP contribution in [-0.4, -0.2) is 73.4 Å². The maximum atomic E-state index is 12.8. The smallest absolute Gasteiger partial charge is 0.274 e. The van der Waals surface area contributed by atoms with Crippen LogP contribution in [0.15, 0.2) is 37.1 Å². The summed E-state index contributed by atoms with van der Waals surface area (Å²) in [5.41, 5.74) is 0.458. The second kappa shape index (κ2) is 7.48. The molecule has 1 aliphatic heterocycles. The Hall–Kier alpha value is -2.74. The molecular formula is C19H25N7O. The number of likely N-dealkylation sites (N-methyl/N-ethyl adjacent to an activating group) is 1. The van der Waals surface area contributed by atoms with Crippen molar-refractivity contribution in [1.29, 1.82) is 0 Å². The molecule has 1 amide bonds. The van der Waals surface area contributed by atoms with Crippen LogP contribution in [0, 0.1) is 0 Å². The number of piperidine rings is 1. The van der Waals surface area contributed by atoms with E-state index in [4.69, 9.17) is 0 Å². The second-order valence-corrected chi connectivity index (χ2v) is 7.30. The van der Waals surface area contributed by atoms with Crippen LogP contribution >= 0.6 is 0 Å². The molecule has 142 valence electrons. The number of fused-ring (bicyclic) bond motifs is 1. The molecule has 27 heavy (non-hydrogen) atoms. The van der Waals surface area contributed by atoms with Crippen molar-refractivity contribution in [3.63, 3.8) is 0 Å². The van der Waals surface area contributed by atoms with Gasteiger partial charge >= 0.3 is 0 Å². The van der Waals surface area contributed by atoms with Crippen LogP contribution < -0.4 is 0 Å². The van der Waals surface area contributed by atoms with Crippen molar-refractivity contribution >= 4 is 11.7 Å². The summed E-state index contributed by atoms with van der Waals surface area (Å²) in [5, 5.41) is 0. The van der Waals surface area contributed by atoms with Crippen molar-refractivity contribution in [3.05, 3.63) is 48.6 Å². The number of carbonyl (C=O) groups excluding carboxylic acids is 1. The van der Waals surface area contributed by atoms with Crippen molar-refractivity contribution in [2.24, 2.45) is 0 Å². The Morgan fingerprint density at radius 3 is 2.74 bits per heavy atom. The molecule has 0 unspecified atom stereocenters. The van der Waals surface area contributed by atoms with Gasteiger partial charge in [-0.1, -0.05) is 0 Å². The second-order valence-electron chi connectivity index (χ2n) is 7.30. The van der Waals surface area contributed by atoms with Gasteiger partial charge in [-0.2, -0.15) is 0 Å². The average Bonchev–Trinajstić information content (AvgIpc) is 3.32. The van der Waals surface area contributed by atoms with Crippen LogP contribution in [0.1, 0.15) is 35.1 Å². The highest BCUT2D eigenvalue weighted by Gasteiger charge is 2.28. The molecule has 3 aromatic heterocycles. The molecule has 0 aliphatic carbocycles. The molecule has 8 heteroatoms. The zero-order chi connectivity index (χ0) is 18.8. The lowest BCUT2D eigenvalue weighted by Gasteiger charge is -2.31. The van der Waals surface area contributed by atoms with Crippen LogP contribution in [0.5, 0.6) is 0 Å². The summed E-state index contributed by atoms with van der Waals surface area (Å²) in [6, 6.07) is 1.83. The predicted molar refractivity (Wildman–Crippen MR) is 102 cm³/mol. The summed E-state index contributed by atoms with van der Waals surface area (Å²) < 4.78 is 4.03. The molecule has 0 N–H and O–H groups in total. The van der Waals surface area contributed by atoms with Gasteiger partial charge in [0.05, 0.1) is 0 Å². The molecule has 0 atom stereocenters. The zero-order valence-corrected chi connectivity index (χ0v) is 15.8. The van der Waals surface area contributed by atoms with Crippen LogP contribution in [0.2, 0.25) is 0 Å². The maximum absolute atomic E-state index is 12.8. The Kier molecular flexibility index (Phi) is 4.89. The van der Waals surface area contributed by atoms with Gasteiger partial charge < -0.3 is 14.4 Å². The van der Waals surface area contributed by atoms with Gasteiger partial charge in [0.1, 0.15) is 11.5 Å². The van der Waals surface area contributed by atoms with Gasteiger partial charge in [0.2, 0.25) is 5.78 Å². The van der Waals surface area contributed by atoms with Gasteiger partial charge in [-0.15, -0.1) is 0 Å². The van der Waals surface area contributed by atoms with E-state index in [0.29, 0.717) is 17.4 Å². The molecule has 0 aromatic carbocycles. The number of nitrogens with zero attached hydrogens (tertiary/aromatic N) is 7. The first-order valence-corrected chi connectivity index (χ1v) is 9.36. The monoisotopic (exact) mass is 367 g/mol. The number of aromatic nitrogens is 5. The highest BCUT2D eigenvalue weighted by atomic mass is 16.2. The molecule has 0 saturated carbocycles. The summed E-state index contributed by atoms with van der Waals surface area (Å²) >= 11 is 0. The molecule has 0 bridgehead atoms. The normalized spacial score (nSPS) is 15.7. The minimum absolute atomic E-state index is 0.0186. The standard InChI is InChI=1S/C19H25N7O/c1-23(2)12-13-24-11-7-20-17(24)15-4-9-25(10-5-15)18(27)16-14-26-8-3-6-21-19(26)22-16/h3,6-8,11,14-15H,4-5,9-10,12-13H2,1-2H3. The lowest BCUT2D eigenvalue weighted by Crippen LogP contribution is -2.38. The average molecular weight is 367 g/mol. The van der Waals surface area contributed by atoms with Crippen LogP contribution in [0.25, 0.3) is 5.78 Å². The third kappa shape index (κ3) is 3.71. The van der Waals surface area contributed by atoms with Gasteiger partial charge in [-0.25, -0.2) is 15.0 Å². The minimum Gasteiger partial charge on any atom is -0.337 e. The molecular weight excluding hydrogens is 342 g/mol. The van der Waals surface area contributed by atoms with E-state index in [1.54, 1.807) is 16.8 Å². The highest BCUT2D eigenvalue weighted by molar-refractivity contribution is 5.92. The van der Waals surface area contributed by atoms with E-state index in [0.717, 1.165) is 44.8 Å². The molecule has 1 aliphatic rings. The van der Waals surface area contributed by atoms with E-state index in [2.05, 4.69) is 44.7 Å². The first kappa shape index (κ1) is 17.7. The number of likely N-dealkylation sites (tertiary alicyclic amines) is 1. The molecule has 3 aromatic rings. The van der Waals surface area contributed by atoms with Crippen molar-refractivity contribution in [1.82, 2.24) is 33.7 Å². The third-order valence-electron chi connectivity index (χ3n) is 5.14. The van der Waals surface area contributed by atoms with Crippen molar-refractivity contribution in [2.45, 2.75) is 25.3 Å². The first-order chi connectivity index (χ1) is 13.1. The highest BCUT2D eigenvalue weighted by Crippen LogP contribution is 2.27. The van der Waals surface area contributed by atoms with E-state index in [9.17, 15) is 4.79 Å². The van der Waals surface area contributed by atoms with Gasteiger partial charge in [-0.3, -0.25) is 9.20 Å². The van der Waals surface area contributed by atoms with Crippen molar-refractivity contribution < 1.29 is 4.79 Å². The Labute approximate surface area is 158 Å². The van der Waals surface area contributed by atoms with Gasteiger partial charge in [0.25, 0.3) is 5.91 Å². The molecule has 4 rings (SSSR count). The summed E-state index contributed by atoms with van der Waals surface area (Å²) in [6.07, 6.45) is 11.1. The number of hydrogen-bond acceptors (Lipinski definition) is 5. The molecule has 4 heterocycles. The summed E-state index contributed by atoms with van der Waals surface area (Å²) in [7, 11) is 4.16. The van der Waals surface area contributed by atoms with Crippen molar-refractivity contribution in [2.75, 3.05) is 33.7 Å². The first-order valence-electron chi connectivity index (χ1n) is 9.36. The van der Waals surface area contributed by atoms with Gasteiger partial charge in [0.15, 0.2) is 0 Å². The Bertz CT molecular complexity index is 888. The Morgan fingerprint density at radius 1 is 1.19 bits per heavy atom. The number of hydrogen-bond donors (Lipinski definition) is 0. The van der Waals surface area contributed by atoms with Gasteiger partial charge in [-0.05, 0) is 33.0 Å². The maximum Gasteiger partial charge on any atom is 0.274 e. The van der Waals surface area contributed by atoms with Crippen LogP contribution in [0.3, 0.4) is 0 Å². The molecule has 1 fully saturated rings. The molecule has 0 spiro atoms. The van der Waals surface area contributed by atoms with E-state index >= 15 is 0 Å². The van der Waals surface area contributed by atoms with E-state index in [1.807, 2.05) is 23.4 Å². The van der Waals surface area contributed by atoms with Crippen LogP contribution in [-0.2, 0) is 6.54 Å². The fourth-order valence-electron chi connectivity index (χ4n) is 3.61. The molecule has 8 nitrogen and oxygen atoms in total. The third-order valence-corrected chi connectivity index (χ3v) is 5.14. The van der Waals surface area contributed by atoms with E-state index in [-0.39, 0.29) is 5.91 Å². The molecule has 1 saturated heterocycles. The summed E-state index contributed by atoms with van der Waals surface area (Å²) in [6.45, 7) is 3.38. The quantitative estimate of drug-likeness (QED) is 0.684. The number of amides is 1. The fourth-order valence-corrected chi connectivity index (χ4v) is 3.61. The van der Waals surface area contributed by atoms with Gasteiger partial charge in [0, 0.05) is 63.1 Å². The van der Waals surface area contributed by atoms with Crippen LogP contribution in [0.4, 0.5) is 0 Å². The van der Waals surface area contributed by atoms with Crippen molar-refractivity contribution in [3.8, 4) is 0 Å². The Morgan fingerprint density at radius 2 is 2.00 bits per heavy atom. The number of carbonyl (C=O) groups is 1. The number of rotatable bonds is 5. The SMILES string of the molecule is CN(C)CCn1ccnc1C1CCN(C(=O)c2cn3cccnc3n2)CC1. The lowest BCUT2D eigenvalue weighted by molar-refractivity contribution is 0.0705. The predicted octanol–water partition coefficient (Wildman–Crippen LogP) is 1.51. The molecule has 0 radical (unpaired) electrons.